The number of carbonyl (C=O) groups is 2. The number of carbonyl (C=O) groups excluding carboxylic acids is 2. The Morgan fingerprint density at radius 2 is 1.75 bits per heavy atom. The molecule has 5 heteroatoms. The van der Waals surface area contributed by atoms with Gasteiger partial charge < -0.3 is 5.32 Å². The predicted octanol–water partition coefficient (Wildman–Crippen LogP) is 4.71. The molecule has 0 spiro atoms. The standard InChI is InChI=1S/C23H30N2O2S/c1-18-9-11-22(28-18)21(26)10-12-23(27)24-16-19-7-6-8-20(15-19)17-25-13-4-2-3-5-14-25/h6-9,11,15H,2-5,10,12-14,16-17H2,1H3,(H,24,27). The Morgan fingerprint density at radius 1 is 1.00 bits per heavy atom. The van der Waals surface area contributed by atoms with E-state index in [1.165, 1.54) is 55.7 Å². The van der Waals surface area contributed by atoms with Gasteiger partial charge in [0.25, 0.3) is 0 Å². The van der Waals surface area contributed by atoms with E-state index >= 15 is 0 Å². The number of nitrogens with one attached hydrogen (secondary N) is 1. The highest BCUT2D eigenvalue weighted by Gasteiger charge is 2.12. The molecular weight excluding hydrogens is 368 g/mol. The molecule has 3 rings (SSSR count). The van der Waals surface area contributed by atoms with E-state index in [0.29, 0.717) is 6.54 Å². The van der Waals surface area contributed by atoms with Crippen LogP contribution in [-0.2, 0) is 17.9 Å². The molecule has 0 radical (unpaired) electrons. The second-order valence-electron chi connectivity index (χ2n) is 7.62. The van der Waals surface area contributed by atoms with E-state index in [0.717, 1.165) is 21.9 Å². The number of aryl methyl sites for hydroxylation is 1. The van der Waals surface area contributed by atoms with Gasteiger partial charge in [-0.05, 0) is 56.1 Å². The lowest BCUT2D eigenvalue weighted by Gasteiger charge is -2.20. The monoisotopic (exact) mass is 398 g/mol. The van der Waals surface area contributed by atoms with Crippen molar-refractivity contribution in [1.82, 2.24) is 10.2 Å². The van der Waals surface area contributed by atoms with Crippen LogP contribution < -0.4 is 5.32 Å². The Labute approximate surface area is 172 Å². The van der Waals surface area contributed by atoms with Crippen molar-refractivity contribution in [2.75, 3.05) is 13.1 Å². The summed E-state index contributed by atoms with van der Waals surface area (Å²) in [5.41, 5.74) is 2.41. The van der Waals surface area contributed by atoms with Crippen LogP contribution in [0, 0.1) is 6.92 Å². The molecule has 0 bridgehead atoms. The molecule has 2 heterocycles. The van der Waals surface area contributed by atoms with Crippen molar-refractivity contribution in [3.05, 3.63) is 57.3 Å². The lowest BCUT2D eigenvalue weighted by Crippen LogP contribution is -2.25. The van der Waals surface area contributed by atoms with Gasteiger partial charge in [0.15, 0.2) is 5.78 Å². The van der Waals surface area contributed by atoms with Gasteiger partial charge in [-0.2, -0.15) is 0 Å². The van der Waals surface area contributed by atoms with Crippen LogP contribution in [0.3, 0.4) is 0 Å². The van der Waals surface area contributed by atoms with E-state index in [2.05, 4.69) is 28.4 Å². The maximum atomic E-state index is 12.1. The average molecular weight is 399 g/mol. The highest BCUT2D eigenvalue weighted by Crippen LogP contribution is 2.17. The summed E-state index contributed by atoms with van der Waals surface area (Å²) in [4.78, 5) is 28.6. The van der Waals surface area contributed by atoms with Crippen molar-refractivity contribution >= 4 is 23.0 Å². The molecule has 0 aliphatic carbocycles. The van der Waals surface area contributed by atoms with Crippen LogP contribution >= 0.6 is 11.3 Å². The third-order valence-electron chi connectivity index (χ3n) is 5.18. The molecule has 0 unspecified atom stereocenters. The molecule has 1 aliphatic rings. The number of benzene rings is 1. The summed E-state index contributed by atoms with van der Waals surface area (Å²) < 4.78 is 0. The first-order valence-electron chi connectivity index (χ1n) is 10.3. The maximum absolute atomic E-state index is 12.1. The van der Waals surface area contributed by atoms with Crippen LogP contribution in [0.15, 0.2) is 36.4 Å². The Morgan fingerprint density at radius 3 is 2.46 bits per heavy atom. The molecule has 4 nitrogen and oxygen atoms in total. The quantitative estimate of drug-likeness (QED) is 0.655. The molecule has 2 aromatic rings. The van der Waals surface area contributed by atoms with Crippen LogP contribution in [0.25, 0.3) is 0 Å². The number of nitrogens with zero attached hydrogens (tertiary/aromatic N) is 1. The molecular formula is C23H30N2O2S. The normalized spacial score (nSPS) is 15.2. The Hall–Kier alpha value is -1.98. The number of ketones is 1. The van der Waals surface area contributed by atoms with Gasteiger partial charge in [0.05, 0.1) is 4.88 Å². The zero-order chi connectivity index (χ0) is 19.8. The first-order chi connectivity index (χ1) is 13.6. The zero-order valence-electron chi connectivity index (χ0n) is 16.7. The van der Waals surface area contributed by atoms with Gasteiger partial charge in [0.2, 0.25) is 5.91 Å². The minimum Gasteiger partial charge on any atom is -0.352 e. The molecule has 1 aromatic carbocycles. The lowest BCUT2D eigenvalue weighted by molar-refractivity contribution is -0.121. The van der Waals surface area contributed by atoms with Crippen molar-refractivity contribution in [2.24, 2.45) is 0 Å². The minimum atomic E-state index is -0.0699. The van der Waals surface area contributed by atoms with Crippen molar-refractivity contribution < 1.29 is 9.59 Å². The van der Waals surface area contributed by atoms with Gasteiger partial charge in [0.1, 0.15) is 0 Å². The predicted molar refractivity (Wildman–Crippen MR) is 115 cm³/mol. The molecule has 28 heavy (non-hydrogen) atoms. The highest BCUT2D eigenvalue weighted by molar-refractivity contribution is 7.14. The van der Waals surface area contributed by atoms with Crippen molar-refractivity contribution in [2.45, 2.75) is 58.5 Å². The molecule has 1 amide bonds. The number of Topliss-reactive ketones (excluding diaryl/α,β-unsaturated/α-hetero) is 1. The van der Waals surface area contributed by atoms with E-state index in [9.17, 15) is 9.59 Å². The van der Waals surface area contributed by atoms with E-state index in [1.807, 2.05) is 25.1 Å². The van der Waals surface area contributed by atoms with Gasteiger partial charge in [-0.25, -0.2) is 0 Å². The third-order valence-corrected chi connectivity index (χ3v) is 6.22. The highest BCUT2D eigenvalue weighted by atomic mass is 32.1. The van der Waals surface area contributed by atoms with Gasteiger partial charge in [-0.3, -0.25) is 14.5 Å². The summed E-state index contributed by atoms with van der Waals surface area (Å²) in [7, 11) is 0. The largest absolute Gasteiger partial charge is 0.352 e. The van der Waals surface area contributed by atoms with Gasteiger partial charge in [-0.15, -0.1) is 11.3 Å². The summed E-state index contributed by atoms with van der Waals surface area (Å²) >= 11 is 1.49. The fourth-order valence-corrected chi connectivity index (χ4v) is 4.45. The number of rotatable bonds is 8. The lowest BCUT2D eigenvalue weighted by atomic mass is 10.1. The van der Waals surface area contributed by atoms with Gasteiger partial charge >= 0.3 is 0 Å². The second-order valence-corrected chi connectivity index (χ2v) is 8.91. The van der Waals surface area contributed by atoms with Crippen molar-refractivity contribution in [3.8, 4) is 0 Å². The van der Waals surface area contributed by atoms with Crippen LogP contribution in [0.4, 0.5) is 0 Å². The van der Waals surface area contributed by atoms with Gasteiger partial charge in [0, 0.05) is 30.8 Å². The number of amides is 1. The molecule has 150 valence electrons. The summed E-state index contributed by atoms with van der Waals surface area (Å²) in [5, 5.41) is 2.95. The summed E-state index contributed by atoms with van der Waals surface area (Å²) in [6.45, 7) is 5.84. The second kappa shape index (κ2) is 10.5. The molecule has 1 fully saturated rings. The van der Waals surface area contributed by atoms with Crippen molar-refractivity contribution in [1.29, 1.82) is 0 Å². The molecule has 1 saturated heterocycles. The number of hydrogen-bond acceptors (Lipinski definition) is 4. The number of hydrogen-bond donors (Lipinski definition) is 1. The Balaban J connectivity index is 1.43. The Kier molecular flexibility index (Phi) is 7.80. The average Bonchev–Trinajstić information content (AvgIpc) is 2.97. The molecule has 1 aromatic heterocycles. The van der Waals surface area contributed by atoms with Crippen LogP contribution in [-0.4, -0.2) is 29.7 Å². The maximum Gasteiger partial charge on any atom is 0.220 e. The van der Waals surface area contributed by atoms with Gasteiger partial charge in [-0.1, -0.05) is 37.1 Å². The number of likely N-dealkylation sites (tertiary alicyclic amines) is 1. The summed E-state index contributed by atoms with van der Waals surface area (Å²) in [6.07, 6.45) is 5.78. The molecule has 1 aliphatic heterocycles. The zero-order valence-corrected chi connectivity index (χ0v) is 17.5. The molecule has 0 saturated carbocycles. The van der Waals surface area contributed by atoms with E-state index in [4.69, 9.17) is 0 Å². The smallest absolute Gasteiger partial charge is 0.220 e. The van der Waals surface area contributed by atoms with Crippen LogP contribution in [0.5, 0.6) is 0 Å². The first kappa shape index (κ1) is 20.7. The third kappa shape index (κ3) is 6.57. The molecule has 1 N–H and O–H groups in total. The molecule has 0 atom stereocenters. The van der Waals surface area contributed by atoms with E-state index in [-0.39, 0.29) is 24.5 Å². The fourth-order valence-electron chi connectivity index (χ4n) is 3.61. The Bertz CT molecular complexity index is 791. The SMILES string of the molecule is Cc1ccc(C(=O)CCC(=O)NCc2cccc(CN3CCCCCC3)c2)s1. The van der Waals surface area contributed by atoms with E-state index < -0.39 is 0 Å². The van der Waals surface area contributed by atoms with Crippen LogP contribution in [0.2, 0.25) is 0 Å². The van der Waals surface area contributed by atoms with E-state index in [1.54, 1.807) is 0 Å². The topological polar surface area (TPSA) is 49.4 Å². The summed E-state index contributed by atoms with van der Waals surface area (Å²) in [6, 6.07) is 12.2. The summed E-state index contributed by atoms with van der Waals surface area (Å²) in [5.74, 6) is -0.0211. The van der Waals surface area contributed by atoms with Crippen LogP contribution in [0.1, 0.15) is 64.2 Å². The van der Waals surface area contributed by atoms with Crippen molar-refractivity contribution in [3.63, 3.8) is 0 Å². The first-order valence-corrected chi connectivity index (χ1v) is 11.1. The fraction of sp³-hybridized carbons (Fsp3) is 0.478. The number of thiophene rings is 1. The minimum absolute atomic E-state index is 0.0488.